The number of nitrogens with zero attached hydrogens (tertiary/aromatic N) is 2. The Labute approximate surface area is 104 Å². The van der Waals surface area contributed by atoms with Crippen molar-refractivity contribution in [2.24, 2.45) is 0 Å². The number of aromatic nitrogens is 2. The first kappa shape index (κ1) is 12.4. The van der Waals surface area contributed by atoms with Crippen molar-refractivity contribution in [3.05, 3.63) is 40.7 Å². The van der Waals surface area contributed by atoms with Crippen LogP contribution in [0.5, 0.6) is 0 Å². The Morgan fingerprint density at radius 1 is 1.06 bits per heavy atom. The van der Waals surface area contributed by atoms with Gasteiger partial charge in [-0.25, -0.2) is 18.7 Å². The van der Waals surface area contributed by atoms with E-state index in [9.17, 15) is 8.78 Å². The topological polar surface area (TPSA) is 51.8 Å². The second-order valence-corrected chi connectivity index (χ2v) is 4.18. The van der Waals surface area contributed by atoms with Crippen LogP contribution in [0.2, 0.25) is 0 Å². The first-order valence-electron chi connectivity index (χ1n) is 5.47. The summed E-state index contributed by atoms with van der Waals surface area (Å²) in [6.45, 7) is 4.85. The smallest absolute Gasteiger partial charge is 0.138 e. The first-order valence-corrected chi connectivity index (χ1v) is 5.47. The highest BCUT2D eigenvalue weighted by molar-refractivity contribution is 5.69. The van der Waals surface area contributed by atoms with Gasteiger partial charge in [0.1, 0.15) is 23.3 Å². The van der Waals surface area contributed by atoms with Crippen molar-refractivity contribution in [3.8, 4) is 11.3 Å². The Morgan fingerprint density at radius 3 is 2.39 bits per heavy atom. The lowest BCUT2D eigenvalue weighted by Crippen LogP contribution is -2.05. The predicted octanol–water partition coefficient (Wildman–Crippen LogP) is 2.93. The minimum Gasteiger partial charge on any atom is -0.383 e. The van der Waals surface area contributed by atoms with E-state index < -0.39 is 11.6 Å². The minimum atomic E-state index is -0.654. The Kier molecular flexibility index (Phi) is 2.98. The van der Waals surface area contributed by atoms with Crippen LogP contribution in [0, 0.1) is 32.4 Å². The number of rotatable bonds is 1. The van der Waals surface area contributed by atoms with Gasteiger partial charge >= 0.3 is 0 Å². The molecule has 0 spiro atoms. The van der Waals surface area contributed by atoms with E-state index in [1.54, 1.807) is 20.8 Å². The van der Waals surface area contributed by atoms with E-state index in [4.69, 9.17) is 5.73 Å². The van der Waals surface area contributed by atoms with Crippen molar-refractivity contribution < 1.29 is 8.78 Å². The summed E-state index contributed by atoms with van der Waals surface area (Å²) in [5.74, 6) is -0.652. The van der Waals surface area contributed by atoms with Crippen LogP contribution in [-0.4, -0.2) is 9.97 Å². The normalized spacial score (nSPS) is 10.7. The van der Waals surface area contributed by atoms with Crippen LogP contribution >= 0.6 is 0 Å². The quantitative estimate of drug-likeness (QED) is 0.845. The largest absolute Gasteiger partial charge is 0.383 e. The lowest BCUT2D eigenvalue weighted by molar-refractivity contribution is 0.582. The van der Waals surface area contributed by atoms with E-state index in [1.165, 1.54) is 12.1 Å². The van der Waals surface area contributed by atoms with Gasteiger partial charge in [0.25, 0.3) is 0 Å². The number of aryl methyl sites for hydroxylation is 2. The van der Waals surface area contributed by atoms with Gasteiger partial charge in [0, 0.05) is 5.56 Å². The van der Waals surface area contributed by atoms with Crippen molar-refractivity contribution in [2.45, 2.75) is 20.8 Å². The van der Waals surface area contributed by atoms with Gasteiger partial charge in [0.15, 0.2) is 0 Å². The highest BCUT2D eigenvalue weighted by Gasteiger charge is 2.18. The summed E-state index contributed by atoms with van der Waals surface area (Å²) in [6.07, 6.45) is 0. The Morgan fingerprint density at radius 2 is 1.72 bits per heavy atom. The van der Waals surface area contributed by atoms with Crippen LogP contribution < -0.4 is 5.73 Å². The van der Waals surface area contributed by atoms with Crippen LogP contribution in [0.4, 0.5) is 14.6 Å². The predicted molar refractivity (Wildman–Crippen MR) is 66.0 cm³/mol. The van der Waals surface area contributed by atoms with Crippen molar-refractivity contribution >= 4 is 5.82 Å². The molecule has 3 nitrogen and oxygen atoms in total. The van der Waals surface area contributed by atoms with E-state index >= 15 is 0 Å². The van der Waals surface area contributed by atoms with Gasteiger partial charge in [0.05, 0.1) is 11.3 Å². The molecule has 0 saturated heterocycles. The van der Waals surface area contributed by atoms with Gasteiger partial charge in [-0.05, 0) is 32.4 Å². The van der Waals surface area contributed by atoms with Gasteiger partial charge in [-0.2, -0.15) is 0 Å². The van der Waals surface area contributed by atoms with E-state index in [2.05, 4.69) is 9.97 Å². The number of benzene rings is 1. The van der Waals surface area contributed by atoms with Crippen LogP contribution in [0.3, 0.4) is 0 Å². The molecule has 94 valence electrons. The van der Waals surface area contributed by atoms with Gasteiger partial charge in [-0.1, -0.05) is 6.07 Å². The number of anilines is 1. The standard InChI is InChI=1S/C13H13F2N3/c1-6-4-5-9(14)10(11(6)15)12-7(2)13(16)18-8(3)17-12/h4-5H,1-3H3,(H2,16,17,18). The summed E-state index contributed by atoms with van der Waals surface area (Å²) >= 11 is 0. The maximum absolute atomic E-state index is 14.1. The van der Waals surface area contributed by atoms with E-state index in [-0.39, 0.29) is 17.1 Å². The molecule has 1 aromatic heterocycles. The molecule has 5 heteroatoms. The Hall–Kier alpha value is -2.04. The van der Waals surface area contributed by atoms with Crippen molar-refractivity contribution in [2.75, 3.05) is 5.73 Å². The fourth-order valence-electron chi connectivity index (χ4n) is 1.77. The summed E-state index contributed by atoms with van der Waals surface area (Å²) in [4.78, 5) is 8.06. The second kappa shape index (κ2) is 4.33. The van der Waals surface area contributed by atoms with E-state index in [1.807, 2.05) is 0 Å². The Bertz CT molecular complexity index is 624. The molecule has 0 amide bonds. The third kappa shape index (κ3) is 1.92. The number of hydrogen-bond donors (Lipinski definition) is 1. The van der Waals surface area contributed by atoms with Crippen molar-refractivity contribution in [1.29, 1.82) is 0 Å². The molecule has 0 unspecified atom stereocenters. The fraction of sp³-hybridized carbons (Fsp3) is 0.231. The molecule has 0 radical (unpaired) electrons. The van der Waals surface area contributed by atoms with Gasteiger partial charge < -0.3 is 5.73 Å². The maximum atomic E-state index is 14.1. The molecule has 0 atom stereocenters. The molecule has 1 aromatic carbocycles. The zero-order valence-corrected chi connectivity index (χ0v) is 10.4. The number of nitrogens with two attached hydrogens (primary N) is 1. The lowest BCUT2D eigenvalue weighted by atomic mass is 10.0. The third-order valence-corrected chi connectivity index (χ3v) is 2.82. The van der Waals surface area contributed by atoms with Crippen molar-refractivity contribution in [3.63, 3.8) is 0 Å². The van der Waals surface area contributed by atoms with Crippen LogP contribution in [0.25, 0.3) is 11.3 Å². The van der Waals surface area contributed by atoms with Crippen LogP contribution in [0.1, 0.15) is 17.0 Å². The van der Waals surface area contributed by atoms with Gasteiger partial charge in [-0.15, -0.1) is 0 Å². The molecule has 0 aliphatic heterocycles. The van der Waals surface area contributed by atoms with Gasteiger partial charge in [0.2, 0.25) is 0 Å². The molecule has 0 aliphatic carbocycles. The molecule has 0 aliphatic rings. The molecule has 2 aromatic rings. The highest BCUT2D eigenvalue weighted by atomic mass is 19.1. The first-order chi connectivity index (χ1) is 8.41. The van der Waals surface area contributed by atoms with Crippen molar-refractivity contribution in [1.82, 2.24) is 9.97 Å². The summed E-state index contributed by atoms with van der Waals surface area (Å²) in [5, 5.41) is 0. The SMILES string of the molecule is Cc1nc(N)c(C)c(-c2c(F)ccc(C)c2F)n1. The van der Waals surface area contributed by atoms with Crippen LogP contribution in [0.15, 0.2) is 12.1 Å². The molecular formula is C13H13F2N3. The number of halogens is 2. The van der Waals surface area contributed by atoms with Crippen LogP contribution in [-0.2, 0) is 0 Å². The molecule has 2 N–H and O–H groups in total. The minimum absolute atomic E-state index is 0.148. The third-order valence-electron chi connectivity index (χ3n) is 2.82. The second-order valence-electron chi connectivity index (χ2n) is 4.18. The average molecular weight is 249 g/mol. The Balaban J connectivity index is 2.81. The molecule has 0 bridgehead atoms. The summed E-state index contributed by atoms with van der Waals surface area (Å²) in [7, 11) is 0. The van der Waals surface area contributed by atoms with E-state index in [0.29, 0.717) is 17.0 Å². The lowest BCUT2D eigenvalue weighted by Gasteiger charge is -2.11. The summed E-state index contributed by atoms with van der Waals surface area (Å²) in [6, 6.07) is 2.61. The highest BCUT2D eigenvalue weighted by Crippen LogP contribution is 2.30. The molecule has 2 rings (SSSR count). The molecule has 18 heavy (non-hydrogen) atoms. The maximum Gasteiger partial charge on any atom is 0.138 e. The van der Waals surface area contributed by atoms with E-state index in [0.717, 1.165) is 0 Å². The zero-order valence-electron chi connectivity index (χ0n) is 10.4. The monoisotopic (exact) mass is 249 g/mol. The molecule has 1 heterocycles. The fourth-order valence-corrected chi connectivity index (χ4v) is 1.77. The number of hydrogen-bond acceptors (Lipinski definition) is 3. The zero-order chi connectivity index (χ0) is 13.4. The average Bonchev–Trinajstić information content (AvgIpc) is 2.30. The van der Waals surface area contributed by atoms with Gasteiger partial charge in [-0.3, -0.25) is 0 Å². The number of nitrogen functional groups attached to an aromatic ring is 1. The molecular weight excluding hydrogens is 236 g/mol. The molecule has 0 fully saturated rings. The summed E-state index contributed by atoms with van der Waals surface area (Å²) < 4.78 is 27.9. The molecule has 0 saturated carbocycles. The summed E-state index contributed by atoms with van der Waals surface area (Å²) in [5.41, 5.74) is 6.60.